The third-order valence-electron chi connectivity index (χ3n) is 4.07. The number of benzene rings is 1. The van der Waals surface area contributed by atoms with Crippen LogP contribution in [0.25, 0.3) is 11.3 Å². The van der Waals surface area contributed by atoms with Crippen molar-refractivity contribution in [3.8, 4) is 11.3 Å². The van der Waals surface area contributed by atoms with Gasteiger partial charge in [-0.25, -0.2) is 9.48 Å². The highest BCUT2D eigenvalue weighted by Gasteiger charge is 2.30. The molecule has 0 aliphatic carbocycles. The molecule has 7 heteroatoms. The van der Waals surface area contributed by atoms with Crippen molar-refractivity contribution in [1.29, 1.82) is 0 Å². The number of rotatable bonds is 3. The van der Waals surface area contributed by atoms with E-state index in [1.165, 1.54) is 0 Å². The zero-order valence-corrected chi connectivity index (χ0v) is 14.9. The lowest BCUT2D eigenvalue weighted by molar-refractivity contribution is 0.0475. The second kappa shape index (κ2) is 7.23. The predicted molar refractivity (Wildman–Crippen MR) is 95.1 cm³/mol. The van der Waals surface area contributed by atoms with Gasteiger partial charge in [-0.1, -0.05) is 35.5 Å². The normalized spacial score (nSPS) is 20.9. The molecule has 2 aromatic rings. The maximum Gasteiger partial charge on any atom is 0.407 e. The first kappa shape index (κ1) is 17.4. The number of ether oxygens (including phenoxy) is 1. The minimum atomic E-state index is -0.518. The highest BCUT2D eigenvalue weighted by atomic mass is 16.6. The molecule has 0 unspecified atom stereocenters. The quantitative estimate of drug-likeness (QED) is 0.894. The van der Waals surface area contributed by atoms with Gasteiger partial charge >= 0.3 is 6.09 Å². The number of nitrogens with zero attached hydrogens (tertiary/aromatic N) is 3. The van der Waals surface area contributed by atoms with Gasteiger partial charge in [0.15, 0.2) is 0 Å². The Hall–Kier alpha value is -2.41. The van der Waals surface area contributed by atoms with Crippen molar-refractivity contribution >= 4 is 6.09 Å². The molecule has 7 nitrogen and oxygen atoms in total. The van der Waals surface area contributed by atoms with Crippen molar-refractivity contribution in [2.75, 3.05) is 13.1 Å². The van der Waals surface area contributed by atoms with Gasteiger partial charge in [0.25, 0.3) is 0 Å². The number of aromatic nitrogens is 3. The van der Waals surface area contributed by atoms with Gasteiger partial charge in [-0.15, -0.1) is 5.10 Å². The number of hydrogen-bond acceptors (Lipinski definition) is 5. The van der Waals surface area contributed by atoms with Gasteiger partial charge in [-0.2, -0.15) is 0 Å². The van der Waals surface area contributed by atoms with Crippen LogP contribution in [0.5, 0.6) is 0 Å². The van der Waals surface area contributed by atoms with E-state index in [0.29, 0.717) is 6.54 Å². The summed E-state index contributed by atoms with van der Waals surface area (Å²) in [7, 11) is 0. The van der Waals surface area contributed by atoms with Gasteiger partial charge in [0.2, 0.25) is 0 Å². The van der Waals surface area contributed by atoms with Crippen LogP contribution in [0.2, 0.25) is 0 Å². The summed E-state index contributed by atoms with van der Waals surface area (Å²) in [5, 5.41) is 14.8. The van der Waals surface area contributed by atoms with E-state index in [0.717, 1.165) is 24.2 Å². The first-order valence-corrected chi connectivity index (χ1v) is 8.60. The van der Waals surface area contributed by atoms with Gasteiger partial charge in [0.1, 0.15) is 11.3 Å². The number of nitrogens with one attached hydrogen (secondary N) is 2. The van der Waals surface area contributed by atoms with E-state index in [1.54, 1.807) is 0 Å². The molecule has 1 fully saturated rings. The standard InChI is InChI=1S/C18H25N5O2/c1-18(2,3)25-17(24)20-14-11-19-10-9-16(14)23-12-15(21-22-23)13-7-5-4-6-8-13/h4-8,12,14,16,19H,9-11H2,1-3H3,(H,20,24)/t14-,16-/m0/s1. The molecule has 25 heavy (non-hydrogen) atoms. The van der Waals surface area contributed by atoms with Crippen molar-refractivity contribution in [2.45, 2.75) is 44.9 Å². The van der Waals surface area contributed by atoms with E-state index in [4.69, 9.17) is 4.74 Å². The molecule has 1 amide bonds. The minimum Gasteiger partial charge on any atom is -0.444 e. The summed E-state index contributed by atoms with van der Waals surface area (Å²) in [6.07, 6.45) is 2.39. The van der Waals surface area contributed by atoms with Crippen LogP contribution >= 0.6 is 0 Å². The number of piperidine rings is 1. The highest BCUT2D eigenvalue weighted by Crippen LogP contribution is 2.22. The van der Waals surface area contributed by atoms with Gasteiger partial charge in [0.05, 0.1) is 18.3 Å². The molecule has 1 aromatic heterocycles. The Morgan fingerprint density at radius 1 is 1.32 bits per heavy atom. The number of hydrogen-bond donors (Lipinski definition) is 2. The average molecular weight is 343 g/mol. The second-order valence-corrected chi connectivity index (χ2v) is 7.26. The van der Waals surface area contributed by atoms with Crippen molar-refractivity contribution in [3.63, 3.8) is 0 Å². The van der Waals surface area contributed by atoms with E-state index in [1.807, 2.05) is 62.0 Å². The summed E-state index contributed by atoms with van der Waals surface area (Å²) >= 11 is 0. The first-order valence-electron chi connectivity index (χ1n) is 8.60. The predicted octanol–water partition coefficient (Wildman–Crippen LogP) is 2.37. The SMILES string of the molecule is CC(C)(C)OC(=O)N[C@H]1CNCC[C@@H]1n1cc(-c2ccccc2)nn1. The van der Waals surface area contributed by atoms with Gasteiger partial charge in [0, 0.05) is 12.1 Å². The molecule has 2 N–H and O–H groups in total. The van der Waals surface area contributed by atoms with Gasteiger partial charge in [-0.05, 0) is 33.7 Å². The van der Waals surface area contributed by atoms with Crippen LogP contribution in [0.1, 0.15) is 33.2 Å². The van der Waals surface area contributed by atoms with Crippen LogP contribution in [0, 0.1) is 0 Å². The van der Waals surface area contributed by atoms with Crippen molar-refractivity contribution in [1.82, 2.24) is 25.6 Å². The number of carbonyl (C=O) groups excluding carboxylic acids is 1. The van der Waals surface area contributed by atoms with Crippen LogP contribution in [0.4, 0.5) is 4.79 Å². The van der Waals surface area contributed by atoms with E-state index < -0.39 is 11.7 Å². The zero-order chi connectivity index (χ0) is 17.9. The lowest BCUT2D eigenvalue weighted by Gasteiger charge is -2.33. The monoisotopic (exact) mass is 343 g/mol. The molecule has 2 heterocycles. The topological polar surface area (TPSA) is 81.1 Å². The molecule has 1 aliphatic heterocycles. The van der Waals surface area contributed by atoms with Crippen LogP contribution in [-0.4, -0.2) is 45.8 Å². The lowest BCUT2D eigenvalue weighted by Crippen LogP contribution is -2.52. The molecule has 2 atom stereocenters. The lowest BCUT2D eigenvalue weighted by atomic mass is 10.0. The van der Waals surface area contributed by atoms with E-state index in [-0.39, 0.29) is 12.1 Å². The first-order chi connectivity index (χ1) is 11.9. The summed E-state index contributed by atoms with van der Waals surface area (Å²) in [5.41, 5.74) is 1.34. The van der Waals surface area contributed by atoms with Crippen LogP contribution < -0.4 is 10.6 Å². The summed E-state index contributed by atoms with van der Waals surface area (Å²) in [6.45, 7) is 7.11. The van der Waals surface area contributed by atoms with Crippen LogP contribution in [-0.2, 0) is 4.74 Å². The maximum absolute atomic E-state index is 12.1. The zero-order valence-electron chi connectivity index (χ0n) is 14.9. The van der Waals surface area contributed by atoms with Crippen molar-refractivity contribution in [3.05, 3.63) is 36.5 Å². The van der Waals surface area contributed by atoms with Crippen molar-refractivity contribution in [2.24, 2.45) is 0 Å². The molecule has 3 rings (SSSR count). The molecule has 0 saturated carbocycles. The molecular weight excluding hydrogens is 318 g/mol. The van der Waals surface area contributed by atoms with Crippen molar-refractivity contribution < 1.29 is 9.53 Å². The minimum absolute atomic E-state index is 0.0405. The summed E-state index contributed by atoms with van der Waals surface area (Å²) in [6, 6.07) is 9.88. The number of carbonyl (C=O) groups is 1. The molecule has 0 spiro atoms. The largest absolute Gasteiger partial charge is 0.444 e. The van der Waals surface area contributed by atoms with Gasteiger partial charge < -0.3 is 15.4 Å². The third-order valence-corrected chi connectivity index (χ3v) is 4.07. The smallest absolute Gasteiger partial charge is 0.407 e. The Kier molecular flexibility index (Phi) is 5.03. The number of alkyl carbamates (subject to hydrolysis) is 1. The third kappa shape index (κ3) is 4.57. The fourth-order valence-corrected chi connectivity index (χ4v) is 2.95. The molecular formula is C18H25N5O2. The molecule has 1 saturated heterocycles. The van der Waals surface area contributed by atoms with E-state index in [9.17, 15) is 4.79 Å². The van der Waals surface area contributed by atoms with Crippen LogP contribution in [0.3, 0.4) is 0 Å². The maximum atomic E-state index is 12.1. The fraction of sp³-hybridized carbons (Fsp3) is 0.500. The highest BCUT2D eigenvalue weighted by molar-refractivity contribution is 5.68. The van der Waals surface area contributed by atoms with E-state index >= 15 is 0 Å². The molecule has 0 radical (unpaired) electrons. The Labute approximate surface area is 147 Å². The summed E-state index contributed by atoms with van der Waals surface area (Å²) in [5.74, 6) is 0. The molecule has 0 bridgehead atoms. The van der Waals surface area contributed by atoms with Crippen LogP contribution in [0.15, 0.2) is 36.5 Å². The number of amides is 1. The summed E-state index contributed by atoms with van der Waals surface area (Å²) in [4.78, 5) is 12.1. The summed E-state index contributed by atoms with van der Waals surface area (Å²) < 4.78 is 7.23. The Bertz CT molecular complexity index is 708. The Morgan fingerprint density at radius 2 is 2.08 bits per heavy atom. The van der Waals surface area contributed by atoms with E-state index in [2.05, 4.69) is 20.9 Å². The molecule has 134 valence electrons. The molecule has 1 aromatic carbocycles. The molecule has 1 aliphatic rings. The Morgan fingerprint density at radius 3 is 2.80 bits per heavy atom. The Balaban J connectivity index is 1.73. The fourth-order valence-electron chi connectivity index (χ4n) is 2.95. The second-order valence-electron chi connectivity index (χ2n) is 7.26. The van der Waals surface area contributed by atoms with Gasteiger partial charge in [-0.3, -0.25) is 0 Å². The average Bonchev–Trinajstić information content (AvgIpc) is 3.04.